The molecule has 0 amide bonds. The first-order valence-corrected chi connectivity index (χ1v) is 7.27. The molecule has 0 spiro atoms. The summed E-state index contributed by atoms with van der Waals surface area (Å²) in [5, 5.41) is 14.0. The molecule has 2 rings (SSSR count). The average molecular weight is 278 g/mol. The molecule has 110 valence electrons. The predicted octanol–water partition coefficient (Wildman–Crippen LogP) is 3.03. The maximum absolute atomic E-state index is 10.6. The molecule has 1 aliphatic carbocycles. The van der Waals surface area contributed by atoms with E-state index in [1.165, 1.54) is 25.0 Å². The van der Waals surface area contributed by atoms with Gasteiger partial charge in [0.15, 0.2) is 0 Å². The number of hydrogen-bond acceptors (Lipinski definition) is 4. The van der Waals surface area contributed by atoms with Gasteiger partial charge in [0.25, 0.3) is 5.69 Å². The summed E-state index contributed by atoms with van der Waals surface area (Å²) in [6.45, 7) is 3.70. The topological polar surface area (TPSA) is 64.4 Å². The van der Waals surface area contributed by atoms with Crippen molar-refractivity contribution in [3.63, 3.8) is 0 Å². The summed E-state index contributed by atoms with van der Waals surface area (Å²) < 4.78 is 5.90. The lowest BCUT2D eigenvalue weighted by molar-refractivity contribution is -0.384. The van der Waals surface area contributed by atoms with Gasteiger partial charge in [-0.3, -0.25) is 10.1 Å². The van der Waals surface area contributed by atoms with E-state index in [0.717, 1.165) is 24.9 Å². The Bertz CT molecular complexity index is 425. The molecule has 20 heavy (non-hydrogen) atoms. The van der Waals surface area contributed by atoms with E-state index in [1.807, 2.05) is 0 Å². The number of nitrogens with zero attached hydrogens (tertiary/aromatic N) is 1. The van der Waals surface area contributed by atoms with Crippen LogP contribution >= 0.6 is 0 Å². The number of rotatable bonds is 6. The molecule has 0 radical (unpaired) electrons. The van der Waals surface area contributed by atoms with Crippen LogP contribution in [0.4, 0.5) is 5.69 Å². The number of nitro benzene ring substituents is 1. The summed E-state index contributed by atoms with van der Waals surface area (Å²) in [7, 11) is 0. The fourth-order valence-corrected chi connectivity index (χ4v) is 2.65. The summed E-state index contributed by atoms with van der Waals surface area (Å²) >= 11 is 0. The van der Waals surface area contributed by atoms with Crippen LogP contribution in [0.1, 0.15) is 38.2 Å². The van der Waals surface area contributed by atoms with Gasteiger partial charge < -0.3 is 10.1 Å². The van der Waals surface area contributed by atoms with Gasteiger partial charge in [0.05, 0.1) is 17.6 Å². The second kappa shape index (κ2) is 7.36. The Morgan fingerprint density at radius 2 is 1.90 bits per heavy atom. The molecular weight excluding hydrogens is 256 g/mol. The smallest absolute Gasteiger partial charge is 0.269 e. The third-order valence-corrected chi connectivity index (χ3v) is 3.80. The van der Waals surface area contributed by atoms with Crippen molar-refractivity contribution in [2.45, 2.75) is 51.4 Å². The van der Waals surface area contributed by atoms with Gasteiger partial charge in [0.2, 0.25) is 0 Å². The lowest BCUT2D eigenvalue weighted by Gasteiger charge is -2.29. The zero-order valence-electron chi connectivity index (χ0n) is 11.9. The average Bonchev–Trinajstić information content (AvgIpc) is 2.47. The number of ether oxygens (including phenoxy) is 1. The van der Waals surface area contributed by atoms with Gasteiger partial charge in [-0.2, -0.15) is 0 Å². The summed E-state index contributed by atoms with van der Waals surface area (Å²) in [5.74, 6) is 0. The zero-order valence-corrected chi connectivity index (χ0v) is 11.9. The lowest BCUT2D eigenvalue weighted by atomic mass is 9.93. The number of hydrogen-bond donors (Lipinski definition) is 1. The minimum Gasteiger partial charge on any atom is -0.374 e. The van der Waals surface area contributed by atoms with Crippen LogP contribution in [0.2, 0.25) is 0 Å². The molecule has 0 unspecified atom stereocenters. The van der Waals surface area contributed by atoms with Gasteiger partial charge in [-0.05, 0) is 49.9 Å². The summed E-state index contributed by atoms with van der Waals surface area (Å²) in [5.41, 5.74) is 1.12. The molecule has 0 bridgehead atoms. The van der Waals surface area contributed by atoms with E-state index in [-0.39, 0.29) is 10.6 Å². The Balaban J connectivity index is 1.74. The second-order valence-electron chi connectivity index (χ2n) is 5.27. The quantitative estimate of drug-likeness (QED) is 0.641. The van der Waals surface area contributed by atoms with Crippen molar-refractivity contribution >= 4 is 5.69 Å². The molecule has 1 aromatic carbocycles. The standard InChI is InChI=1S/C15H22N2O3/c1-2-16-13-5-9-15(10-6-13)20-11-12-3-7-14(8-4-12)17(18)19/h3-4,7-8,13,15-16H,2,5-6,9-11H2,1H3. The molecular formula is C15H22N2O3. The predicted molar refractivity (Wildman–Crippen MR) is 77.6 cm³/mol. The lowest BCUT2D eigenvalue weighted by Crippen LogP contribution is -2.35. The molecule has 1 saturated carbocycles. The molecule has 0 aromatic heterocycles. The summed E-state index contributed by atoms with van der Waals surface area (Å²) in [4.78, 5) is 10.2. The molecule has 0 atom stereocenters. The van der Waals surface area contributed by atoms with Crippen molar-refractivity contribution in [2.75, 3.05) is 6.54 Å². The van der Waals surface area contributed by atoms with Crippen molar-refractivity contribution in [1.29, 1.82) is 0 Å². The Morgan fingerprint density at radius 3 is 2.45 bits per heavy atom. The van der Waals surface area contributed by atoms with Crippen LogP contribution in [0.5, 0.6) is 0 Å². The van der Waals surface area contributed by atoms with E-state index in [4.69, 9.17) is 4.74 Å². The minimum absolute atomic E-state index is 0.125. The zero-order chi connectivity index (χ0) is 14.4. The highest BCUT2D eigenvalue weighted by molar-refractivity contribution is 5.32. The fourth-order valence-electron chi connectivity index (χ4n) is 2.65. The van der Waals surface area contributed by atoms with Crippen LogP contribution in [-0.4, -0.2) is 23.6 Å². The van der Waals surface area contributed by atoms with E-state index < -0.39 is 0 Å². The largest absolute Gasteiger partial charge is 0.374 e. The molecule has 0 aliphatic heterocycles. The Hall–Kier alpha value is -1.46. The number of nitro groups is 1. The van der Waals surface area contributed by atoms with Crippen LogP contribution in [0.25, 0.3) is 0 Å². The van der Waals surface area contributed by atoms with Crippen molar-refractivity contribution in [3.05, 3.63) is 39.9 Å². The van der Waals surface area contributed by atoms with E-state index in [9.17, 15) is 10.1 Å². The highest BCUT2D eigenvalue weighted by Crippen LogP contribution is 2.22. The Morgan fingerprint density at radius 1 is 1.25 bits per heavy atom. The summed E-state index contributed by atoms with van der Waals surface area (Å²) in [6.07, 6.45) is 4.83. The number of nitrogens with one attached hydrogen (secondary N) is 1. The van der Waals surface area contributed by atoms with Crippen LogP contribution in [0.3, 0.4) is 0 Å². The van der Waals surface area contributed by atoms with Crippen molar-refractivity contribution in [1.82, 2.24) is 5.32 Å². The maximum atomic E-state index is 10.6. The van der Waals surface area contributed by atoms with E-state index in [1.54, 1.807) is 12.1 Å². The van der Waals surface area contributed by atoms with Gasteiger partial charge in [-0.1, -0.05) is 6.92 Å². The normalized spacial score (nSPS) is 22.6. The molecule has 0 heterocycles. The molecule has 5 heteroatoms. The highest BCUT2D eigenvalue weighted by atomic mass is 16.6. The Kier molecular flexibility index (Phi) is 5.49. The maximum Gasteiger partial charge on any atom is 0.269 e. The van der Waals surface area contributed by atoms with Crippen molar-refractivity contribution in [2.24, 2.45) is 0 Å². The first-order chi connectivity index (χ1) is 9.69. The molecule has 5 nitrogen and oxygen atoms in total. The van der Waals surface area contributed by atoms with Crippen LogP contribution in [-0.2, 0) is 11.3 Å². The van der Waals surface area contributed by atoms with E-state index in [2.05, 4.69) is 12.2 Å². The molecule has 1 N–H and O–H groups in total. The van der Waals surface area contributed by atoms with Gasteiger partial charge >= 0.3 is 0 Å². The van der Waals surface area contributed by atoms with Gasteiger partial charge in [-0.25, -0.2) is 0 Å². The second-order valence-corrected chi connectivity index (χ2v) is 5.27. The molecule has 1 aromatic rings. The third-order valence-electron chi connectivity index (χ3n) is 3.80. The molecule has 0 saturated heterocycles. The van der Waals surface area contributed by atoms with E-state index >= 15 is 0 Å². The number of benzene rings is 1. The first-order valence-electron chi connectivity index (χ1n) is 7.27. The molecule has 1 fully saturated rings. The fraction of sp³-hybridized carbons (Fsp3) is 0.600. The SMILES string of the molecule is CCNC1CCC(OCc2ccc([N+](=O)[O-])cc2)CC1. The minimum atomic E-state index is -0.382. The van der Waals surface area contributed by atoms with Crippen LogP contribution < -0.4 is 5.32 Å². The van der Waals surface area contributed by atoms with Gasteiger partial charge in [-0.15, -0.1) is 0 Å². The third kappa shape index (κ3) is 4.28. The Labute approximate surface area is 119 Å². The van der Waals surface area contributed by atoms with Crippen LogP contribution in [0.15, 0.2) is 24.3 Å². The van der Waals surface area contributed by atoms with E-state index in [0.29, 0.717) is 18.8 Å². The monoisotopic (exact) mass is 278 g/mol. The van der Waals surface area contributed by atoms with Crippen LogP contribution in [0, 0.1) is 10.1 Å². The van der Waals surface area contributed by atoms with Gasteiger partial charge in [0, 0.05) is 18.2 Å². The highest BCUT2D eigenvalue weighted by Gasteiger charge is 2.20. The summed E-state index contributed by atoms with van der Waals surface area (Å²) in [6, 6.07) is 7.23. The number of non-ortho nitro benzene ring substituents is 1. The first kappa shape index (κ1) is 14.9. The van der Waals surface area contributed by atoms with Crippen molar-refractivity contribution < 1.29 is 9.66 Å². The molecule has 1 aliphatic rings. The van der Waals surface area contributed by atoms with Crippen molar-refractivity contribution in [3.8, 4) is 0 Å². The van der Waals surface area contributed by atoms with Gasteiger partial charge in [0.1, 0.15) is 0 Å².